The van der Waals surface area contributed by atoms with Crippen LogP contribution in [-0.2, 0) is 9.47 Å². The summed E-state index contributed by atoms with van der Waals surface area (Å²) in [6.07, 6.45) is 0.103. The van der Waals surface area contributed by atoms with E-state index < -0.39 is 0 Å². The first-order chi connectivity index (χ1) is 5.84. The van der Waals surface area contributed by atoms with Crippen LogP contribution < -0.4 is 0 Å². The molecule has 0 amide bonds. The van der Waals surface area contributed by atoms with Crippen molar-refractivity contribution in [3.63, 3.8) is 0 Å². The molecule has 1 rings (SSSR count). The average molecular weight is 166 g/mol. The van der Waals surface area contributed by atoms with Crippen molar-refractivity contribution >= 4 is 0 Å². The van der Waals surface area contributed by atoms with Crippen molar-refractivity contribution in [3.8, 4) is 0 Å². The quantitative estimate of drug-likeness (QED) is 0.639. The fourth-order valence-electron chi connectivity index (χ4n) is 0.990. The Morgan fingerprint density at radius 1 is 1.25 bits per heavy atom. The van der Waals surface area contributed by atoms with Crippen LogP contribution in [0, 0.1) is 0 Å². The summed E-state index contributed by atoms with van der Waals surface area (Å²) >= 11 is 0. The summed E-state index contributed by atoms with van der Waals surface area (Å²) in [4.78, 5) is 0. The Balaban J connectivity index is 2.48. The Bertz CT molecular complexity index is 208. The minimum atomic E-state index is 0.103. The Hall–Kier alpha value is -0.860. The minimum absolute atomic E-state index is 0.103. The molecule has 1 aromatic carbocycles. The van der Waals surface area contributed by atoms with Crippen LogP contribution in [0.25, 0.3) is 0 Å². The first kappa shape index (κ1) is 9.23. The number of ether oxygens (including phenoxy) is 2. The predicted molar refractivity (Wildman–Crippen MR) is 47.8 cm³/mol. The molecule has 0 fully saturated rings. The van der Waals surface area contributed by atoms with Crippen LogP contribution in [0.3, 0.4) is 0 Å². The van der Waals surface area contributed by atoms with Crippen molar-refractivity contribution in [2.75, 3.05) is 13.9 Å². The molecular formula is C10H14O2. The van der Waals surface area contributed by atoms with Crippen LogP contribution in [0.1, 0.15) is 18.6 Å². The maximum atomic E-state index is 5.35. The molecule has 0 saturated heterocycles. The Morgan fingerprint density at radius 2 is 1.92 bits per heavy atom. The molecule has 0 aromatic heterocycles. The second-order valence-electron chi connectivity index (χ2n) is 2.63. The molecule has 0 bridgehead atoms. The fourth-order valence-corrected chi connectivity index (χ4v) is 0.990. The highest BCUT2D eigenvalue weighted by Crippen LogP contribution is 2.15. The lowest BCUT2D eigenvalue weighted by Crippen LogP contribution is -2.02. The smallest absolute Gasteiger partial charge is 0.147 e. The van der Waals surface area contributed by atoms with Gasteiger partial charge in [-0.2, -0.15) is 0 Å². The van der Waals surface area contributed by atoms with Gasteiger partial charge in [-0.3, -0.25) is 0 Å². The zero-order chi connectivity index (χ0) is 8.81. The van der Waals surface area contributed by atoms with Gasteiger partial charge in [0.2, 0.25) is 0 Å². The van der Waals surface area contributed by atoms with Gasteiger partial charge in [0.1, 0.15) is 6.79 Å². The summed E-state index contributed by atoms with van der Waals surface area (Å²) in [6, 6.07) is 10.1. The Kier molecular flexibility index (Phi) is 3.77. The largest absolute Gasteiger partial charge is 0.359 e. The average Bonchev–Trinajstić information content (AvgIpc) is 2.15. The summed E-state index contributed by atoms with van der Waals surface area (Å²) in [5, 5.41) is 0. The second-order valence-corrected chi connectivity index (χ2v) is 2.63. The predicted octanol–water partition coefficient (Wildman–Crippen LogP) is 2.37. The van der Waals surface area contributed by atoms with E-state index in [-0.39, 0.29) is 6.10 Å². The van der Waals surface area contributed by atoms with Crippen LogP contribution in [0.15, 0.2) is 30.3 Å². The summed E-state index contributed by atoms with van der Waals surface area (Å²) < 4.78 is 10.2. The second kappa shape index (κ2) is 4.91. The third kappa shape index (κ3) is 2.64. The highest BCUT2D eigenvalue weighted by atomic mass is 16.7. The normalized spacial score (nSPS) is 12.8. The van der Waals surface area contributed by atoms with Gasteiger partial charge >= 0.3 is 0 Å². The van der Waals surface area contributed by atoms with Crippen LogP contribution in [0.5, 0.6) is 0 Å². The molecule has 0 N–H and O–H groups in total. The van der Waals surface area contributed by atoms with E-state index in [1.807, 2.05) is 37.3 Å². The van der Waals surface area contributed by atoms with E-state index in [1.165, 1.54) is 5.56 Å². The van der Waals surface area contributed by atoms with Gasteiger partial charge in [-0.15, -0.1) is 0 Å². The minimum Gasteiger partial charge on any atom is -0.359 e. The standard InChI is InChI=1S/C10H14O2/c1-9(12-8-11-2)10-6-4-3-5-7-10/h3-7,9H,8H2,1-2H3/t9-/m1/s1. The van der Waals surface area contributed by atoms with Crippen molar-refractivity contribution in [2.24, 2.45) is 0 Å². The Labute approximate surface area is 73.1 Å². The van der Waals surface area contributed by atoms with Gasteiger partial charge in [-0.1, -0.05) is 30.3 Å². The first-order valence-corrected chi connectivity index (χ1v) is 4.00. The van der Waals surface area contributed by atoms with Gasteiger partial charge < -0.3 is 9.47 Å². The van der Waals surface area contributed by atoms with E-state index in [1.54, 1.807) is 7.11 Å². The maximum absolute atomic E-state index is 5.35. The third-order valence-corrected chi connectivity index (χ3v) is 1.70. The molecule has 0 aliphatic rings. The number of rotatable bonds is 4. The van der Waals surface area contributed by atoms with E-state index in [0.29, 0.717) is 6.79 Å². The monoisotopic (exact) mass is 166 g/mol. The molecule has 12 heavy (non-hydrogen) atoms. The van der Waals surface area contributed by atoms with E-state index in [0.717, 1.165) is 0 Å². The molecule has 1 atom stereocenters. The lowest BCUT2D eigenvalue weighted by molar-refractivity contribution is -0.0666. The van der Waals surface area contributed by atoms with Gasteiger partial charge in [-0.05, 0) is 12.5 Å². The summed E-state index contributed by atoms with van der Waals surface area (Å²) in [5.74, 6) is 0. The van der Waals surface area contributed by atoms with Crippen LogP contribution in [0.2, 0.25) is 0 Å². The molecule has 2 nitrogen and oxygen atoms in total. The lowest BCUT2D eigenvalue weighted by atomic mass is 10.1. The molecule has 1 aromatic rings. The van der Waals surface area contributed by atoms with E-state index in [4.69, 9.17) is 9.47 Å². The number of hydrogen-bond donors (Lipinski definition) is 0. The van der Waals surface area contributed by atoms with Crippen molar-refractivity contribution < 1.29 is 9.47 Å². The molecular weight excluding hydrogens is 152 g/mol. The molecule has 2 heteroatoms. The molecule has 0 radical (unpaired) electrons. The van der Waals surface area contributed by atoms with Gasteiger partial charge in [0.05, 0.1) is 6.10 Å². The topological polar surface area (TPSA) is 18.5 Å². The maximum Gasteiger partial charge on any atom is 0.147 e. The van der Waals surface area contributed by atoms with E-state index in [2.05, 4.69) is 0 Å². The van der Waals surface area contributed by atoms with Crippen LogP contribution in [-0.4, -0.2) is 13.9 Å². The van der Waals surface area contributed by atoms with E-state index in [9.17, 15) is 0 Å². The summed E-state index contributed by atoms with van der Waals surface area (Å²) in [6.45, 7) is 2.35. The highest BCUT2D eigenvalue weighted by molar-refractivity contribution is 5.16. The molecule has 0 aliphatic heterocycles. The van der Waals surface area contributed by atoms with Gasteiger partial charge in [0.15, 0.2) is 0 Å². The highest BCUT2D eigenvalue weighted by Gasteiger charge is 2.02. The van der Waals surface area contributed by atoms with Gasteiger partial charge in [0.25, 0.3) is 0 Å². The van der Waals surface area contributed by atoms with E-state index >= 15 is 0 Å². The molecule has 0 heterocycles. The summed E-state index contributed by atoms with van der Waals surface area (Å²) in [7, 11) is 1.62. The first-order valence-electron chi connectivity index (χ1n) is 4.00. The van der Waals surface area contributed by atoms with Crippen molar-refractivity contribution in [2.45, 2.75) is 13.0 Å². The molecule has 66 valence electrons. The number of benzene rings is 1. The number of hydrogen-bond acceptors (Lipinski definition) is 2. The molecule has 0 saturated carbocycles. The van der Waals surface area contributed by atoms with Crippen LogP contribution in [0.4, 0.5) is 0 Å². The fraction of sp³-hybridized carbons (Fsp3) is 0.400. The molecule has 0 spiro atoms. The zero-order valence-corrected chi connectivity index (χ0v) is 7.49. The lowest BCUT2D eigenvalue weighted by Gasteiger charge is -2.11. The molecule has 0 aliphatic carbocycles. The van der Waals surface area contributed by atoms with Gasteiger partial charge in [0, 0.05) is 7.11 Å². The van der Waals surface area contributed by atoms with Crippen molar-refractivity contribution in [1.82, 2.24) is 0 Å². The summed E-state index contributed by atoms with van der Waals surface area (Å²) in [5.41, 5.74) is 1.18. The van der Waals surface area contributed by atoms with Crippen molar-refractivity contribution in [3.05, 3.63) is 35.9 Å². The van der Waals surface area contributed by atoms with Crippen molar-refractivity contribution in [1.29, 1.82) is 0 Å². The third-order valence-electron chi connectivity index (χ3n) is 1.70. The zero-order valence-electron chi connectivity index (χ0n) is 7.49. The SMILES string of the molecule is COCO[C@H](C)c1ccccc1. The van der Waals surface area contributed by atoms with Crippen LogP contribution >= 0.6 is 0 Å². The number of methoxy groups -OCH3 is 1. The van der Waals surface area contributed by atoms with Gasteiger partial charge in [-0.25, -0.2) is 0 Å². The molecule has 0 unspecified atom stereocenters. The Morgan fingerprint density at radius 3 is 2.50 bits per heavy atom.